The number of aromatic nitrogens is 1. The van der Waals surface area contributed by atoms with E-state index in [9.17, 15) is 0 Å². The molecule has 0 aliphatic heterocycles. The lowest BCUT2D eigenvalue weighted by Crippen LogP contribution is -2.24. The van der Waals surface area contributed by atoms with Gasteiger partial charge in [0.15, 0.2) is 0 Å². The number of anilines is 1. The van der Waals surface area contributed by atoms with E-state index in [1.54, 1.807) is 12.4 Å². The highest BCUT2D eigenvalue weighted by Gasteiger charge is 2.15. The van der Waals surface area contributed by atoms with Crippen molar-refractivity contribution in [3.05, 3.63) is 24.5 Å². The number of hydrogen-bond donors (Lipinski definition) is 1. The summed E-state index contributed by atoms with van der Waals surface area (Å²) in [5.41, 5.74) is 1.22. The fourth-order valence-electron chi connectivity index (χ4n) is 0.858. The minimum absolute atomic E-state index is 0.130. The van der Waals surface area contributed by atoms with Gasteiger partial charge in [0.25, 0.3) is 0 Å². The van der Waals surface area contributed by atoms with Crippen molar-refractivity contribution in [1.82, 2.24) is 4.98 Å². The smallest absolute Gasteiger partial charge is 0.0371 e. The lowest BCUT2D eigenvalue weighted by Gasteiger charge is -2.22. The van der Waals surface area contributed by atoms with Gasteiger partial charge >= 0.3 is 0 Å². The maximum Gasteiger partial charge on any atom is 0.0371 e. The van der Waals surface area contributed by atoms with E-state index in [0.29, 0.717) is 5.88 Å². The minimum Gasteiger partial charge on any atom is -0.384 e. The number of rotatable bonds is 4. The molecule has 1 heterocycles. The Morgan fingerprint density at radius 3 is 2.54 bits per heavy atom. The number of halogens is 1. The first-order valence-electron chi connectivity index (χ1n) is 4.34. The second-order valence-electron chi connectivity index (χ2n) is 3.89. The topological polar surface area (TPSA) is 24.9 Å². The average molecular weight is 199 g/mol. The standard InChI is InChI=1S/C10H15ClN2/c1-10(2,7-11)8-13-9-3-5-12-6-4-9/h3-6H,7-8H2,1-2H3,(H,12,13). The molecule has 0 unspecified atom stereocenters. The lowest BCUT2D eigenvalue weighted by atomic mass is 9.96. The monoisotopic (exact) mass is 198 g/mol. The molecular weight excluding hydrogens is 184 g/mol. The quantitative estimate of drug-likeness (QED) is 0.753. The van der Waals surface area contributed by atoms with Crippen LogP contribution in [-0.4, -0.2) is 17.4 Å². The fraction of sp³-hybridized carbons (Fsp3) is 0.500. The molecule has 0 fully saturated rings. The molecule has 1 aromatic heterocycles. The Morgan fingerprint density at radius 1 is 1.38 bits per heavy atom. The zero-order valence-corrected chi connectivity index (χ0v) is 8.80. The van der Waals surface area contributed by atoms with Crippen LogP contribution in [-0.2, 0) is 0 Å². The van der Waals surface area contributed by atoms with Crippen LogP contribution >= 0.6 is 11.6 Å². The number of alkyl halides is 1. The summed E-state index contributed by atoms with van der Waals surface area (Å²) in [5, 5.41) is 3.31. The van der Waals surface area contributed by atoms with Crippen molar-refractivity contribution >= 4 is 17.3 Å². The molecule has 0 atom stereocenters. The molecule has 0 spiro atoms. The zero-order valence-electron chi connectivity index (χ0n) is 8.05. The van der Waals surface area contributed by atoms with Crippen LogP contribution in [0.4, 0.5) is 5.69 Å². The predicted molar refractivity (Wildman–Crippen MR) is 57.2 cm³/mol. The molecule has 13 heavy (non-hydrogen) atoms. The summed E-state index contributed by atoms with van der Waals surface area (Å²) < 4.78 is 0. The Bertz CT molecular complexity index is 246. The van der Waals surface area contributed by atoms with Crippen molar-refractivity contribution in [3.63, 3.8) is 0 Å². The van der Waals surface area contributed by atoms with E-state index in [1.165, 1.54) is 0 Å². The van der Waals surface area contributed by atoms with Crippen LogP contribution in [0.5, 0.6) is 0 Å². The molecule has 72 valence electrons. The minimum atomic E-state index is 0.130. The molecule has 2 nitrogen and oxygen atoms in total. The van der Waals surface area contributed by atoms with Crippen molar-refractivity contribution < 1.29 is 0 Å². The summed E-state index contributed by atoms with van der Waals surface area (Å²) >= 11 is 5.81. The van der Waals surface area contributed by atoms with Crippen LogP contribution in [0.3, 0.4) is 0 Å². The fourth-order valence-corrected chi connectivity index (χ4v) is 0.953. The Morgan fingerprint density at radius 2 is 2.00 bits per heavy atom. The van der Waals surface area contributed by atoms with Gasteiger partial charge in [0.1, 0.15) is 0 Å². The summed E-state index contributed by atoms with van der Waals surface area (Å²) in [6.07, 6.45) is 3.55. The van der Waals surface area contributed by atoms with E-state index in [-0.39, 0.29) is 5.41 Å². The summed E-state index contributed by atoms with van der Waals surface area (Å²) in [7, 11) is 0. The number of nitrogens with zero attached hydrogens (tertiary/aromatic N) is 1. The van der Waals surface area contributed by atoms with Crippen LogP contribution in [0.1, 0.15) is 13.8 Å². The maximum atomic E-state index is 5.81. The van der Waals surface area contributed by atoms with Gasteiger partial charge in [0.2, 0.25) is 0 Å². The zero-order chi connectivity index (χ0) is 9.73. The molecule has 0 radical (unpaired) electrons. The lowest BCUT2D eigenvalue weighted by molar-refractivity contribution is 0.450. The molecule has 0 aliphatic rings. The van der Waals surface area contributed by atoms with Gasteiger partial charge in [-0.3, -0.25) is 4.98 Å². The first-order chi connectivity index (χ1) is 6.14. The molecule has 0 aliphatic carbocycles. The second kappa shape index (κ2) is 4.47. The average Bonchev–Trinajstić information content (AvgIpc) is 2.17. The van der Waals surface area contributed by atoms with Crippen molar-refractivity contribution in [1.29, 1.82) is 0 Å². The van der Waals surface area contributed by atoms with E-state index >= 15 is 0 Å². The molecule has 0 saturated heterocycles. The largest absolute Gasteiger partial charge is 0.384 e. The van der Waals surface area contributed by atoms with Gasteiger partial charge in [-0.2, -0.15) is 0 Å². The van der Waals surface area contributed by atoms with E-state index < -0.39 is 0 Å². The third kappa shape index (κ3) is 3.64. The van der Waals surface area contributed by atoms with Crippen LogP contribution in [0.15, 0.2) is 24.5 Å². The number of nitrogens with one attached hydrogen (secondary N) is 1. The van der Waals surface area contributed by atoms with E-state index in [0.717, 1.165) is 12.2 Å². The molecule has 3 heteroatoms. The maximum absolute atomic E-state index is 5.81. The third-order valence-corrected chi connectivity index (χ3v) is 2.54. The Kier molecular flexibility index (Phi) is 3.55. The highest BCUT2D eigenvalue weighted by molar-refractivity contribution is 6.18. The molecule has 0 bridgehead atoms. The van der Waals surface area contributed by atoms with Gasteiger partial charge < -0.3 is 5.32 Å². The van der Waals surface area contributed by atoms with E-state index in [1.807, 2.05) is 12.1 Å². The van der Waals surface area contributed by atoms with Crippen LogP contribution in [0, 0.1) is 5.41 Å². The summed E-state index contributed by atoms with van der Waals surface area (Å²) in [6, 6.07) is 3.90. The third-order valence-electron chi connectivity index (χ3n) is 1.81. The highest BCUT2D eigenvalue weighted by Crippen LogP contribution is 2.17. The molecule has 1 aromatic rings. The first kappa shape index (κ1) is 10.3. The Balaban J connectivity index is 2.44. The van der Waals surface area contributed by atoms with Crippen molar-refractivity contribution in [3.8, 4) is 0 Å². The van der Waals surface area contributed by atoms with Gasteiger partial charge in [0, 0.05) is 30.5 Å². The van der Waals surface area contributed by atoms with Crippen LogP contribution < -0.4 is 5.32 Å². The van der Waals surface area contributed by atoms with Gasteiger partial charge in [0.05, 0.1) is 0 Å². The van der Waals surface area contributed by atoms with Gasteiger partial charge in [-0.25, -0.2) is 0 Å². The van der Waals surface area contributed by atoms with Crippen molar-refractivity contribution in [2.24, 2.45) is 5.41 Å². The van der Waals surface area contributed by atoms with Crippen molar-refractivity contribution in [2.45, 2.75) is 13.8 Å². The molecule has 1 rings (SSSR count). The summed E-state index contributed by atoms with van der Waals surface area (Å²) in [4.78, 5) is 3.94. The highest BCUT2D eigenvalue weighted by atomic mass is 35.5. The van der Waals surface area contributed by atoms with Crippen LogP contribution in [0.25, 0.3) is 0 Å². The van der Waals surface area contributed by atoms with E-state index in [4.69, 9.17) is 11.6 Å². The Hall–Kier alpha value is -0.760. The van der Waals surface area contributed by atoms with Gasteiger partial charge in [-0.15, -0.1) is 11.6 Å². The van der Waals surface area contributed by atoms with Gasteiger partial charge in [-0.05, 0) is 17.5 Å². The molecule has 0 saturated carbocycles. The number of hydrogen-bond acceptors (Lipinski definition) is 2. The number of pyridine rings is 1. The summed E-state index contributed by atoms with van der Waals surface area (Å²) in [6.45, 7) is 5.14. The van der Waals surface area contributed by atoms with E-state index in [2.05, 4.69) is 24.1 Å². The molecule has 0 aromatic carbocycles. The normalized spacial score (nSPS) is 11.3. The molecule has 0 amide bonds. The molecule has 1 N–H and O–H groups in total. The first-order valence-corrected chi connectivity index (χ1v) is 4.87. The predicted octanol–water partition coefficient (Wildman–Crippen LogP) is 2.76. The second-order valence-corrected chi connectivity index (χ2v) is 4.15. The summed E-state index contributed by atoms with van der Waals surface area (Å²) in [5.74, 6) is 0.658. The SMILES string of the molecule is CC(C)(CCl)CNc1ccncc1. The van der Waals surface area contributed by atoms with Crippen molar-refractivity contribution in [2.75, 3.05) is 17.7 Å². The Labute approximate surface area is 84.3 Å². The van der Waals surface area contributed by atoms with Gasteiger partial charge in [-0.1, -0.05) is 13.8 Å². The molecular formula is C10H15ClN2. The van der Waals surface area contributed by atoms with Crippen LogP contribution in [0.2, 0.25) is 0 Å².